The lowest BCUT2D eigenvalue weighted by atomic mass is 9.99. The van der Waals surface area contributed by atoms with E-state index in [9.17, 15) is 5.11 Å². The molecule has 2 rings (SSSR count). The van der Waals surface area contributed by atoms with E-state index in [1.807, 2.05) is 0 Å². The van der Waals surface area contributed by atoms with Gasteiger partial charge in [0.1, 0.15) is 0 Å². The van der Waals surface area contributed by atoms with Crippen LogP contribution < -0.4 is 0 Å². The molecule has 0 radical (unpaired) electrons. The van der Waals surface area contributed by atoms with Gasteiger partial charge in [-0.1, -0.05) is 38.1 Å². The van der Waals surface area contributed by atoms with Crippen LogP contribution in [0.15, 0.2) is 24.3 Å². The molecular weight excluding hydrogens is 246 g/mol. The summed E-state index contributed by atoms with van der Waals surface area (Å²) in [5.74, 6) is 0.677. The summed E-state index contributed by atoms with van der Waals surface area (Å²) in [6.45, 7) is 10.9. The third-order valence-electron chi connectivity index (χ3n) is 4.47. The van der Waals surface area contributed by atoms with Crippen LogP contribution >= 0.6 is 0 Å². The molecule has 1 atom stereocenters. The monoisotopic (exact) mass is 275 g/mol. The molecule has 0 amide bonds. The van der Waals surface area contributed by atoms with Crippen molar-refractivity contribution in [2.75, 3.05) is 13.1 Å². The van der Waals surface area contributed by atoms with Crippen molar-refractivity contribution in [3.8, 4) is 0 Å². The second kappa shape index (κ2) is 6.28. The highest BCUT2D eigenvalue weighted by Gasteiger charge is 2.32. The number of nitrogens with zero attached hydrogens (tertiary/aromatic N) is 1. The molecule has 0 saturated carbocycles. The van der Waals surface area contributed by atoms with Gasteiger partial charge in [-0.2, -0.15) is 0 Å². The van der Waals surface area contributed by atoms with E-state index in [0.717, 1.165) is 25.1 Å². The Bertz CT molecular complexity index is 422. The minimum Gasteiger partial charge on any atom is -0.387 e. The largest absolute Gasteiger partial charge is 0.387 e. The maximum Gasteiger partial charge on any atom is 0.0917 e. The Morgan fingerprint density at radius 1 is 1.20 bits per heavy atom. The van der Waals surface area contributed by atoms with Gasteiger partial charge < -0.3 is 5.11 Å². The van der Waals surface area contributed by atoms with Gasteiger partial charge in [0.25, 0.3) is 0 Å². The zero-order valence-corrected chi connectivity index (χ0v) is 13.4. The number of likely N-dealkylation sites (tertiary alicyclic amines) is 1. The summed E-state index contributed by atoms with van der Waals surface area (Å²) in [7, 11) is 0. The molecule has 112 valence electrons. The Morgan fingerprint density at radius 3 is 2.35 bits per heavy atom. The SMILES string of the molecule is CC(C)Cc1ccc(C(O)CN2CCCC2(C)C)cc1. The fraction of sp³-hybridized carbons (Fsp3) is 0.667. The Labute approximate surface area is 123 Å². The van der Waals surface area contributed by atoms with Crippen molar-refractivity contribution < 1.29 is 5.11 Å². The van der Waals surface area contributed by atoms with Crippen molar-refractivity contribution in [2.45, 2.75) is 58.6 Å². The van der Waals surface area contributed by atoms with Crippen LogP contribution in [0.1, 0.15) is 57.8 Å². The standard InChI is InChI=1S/C18H29NO/c1-14(2)12-15-6-8-16(9-7-15)17(20)13-19-11-5-10-18(19,3)4/h6-9,14,17,20H,5,10-13H2,1-4H3. The molecule has 0 aromatic heterocycles. The molecule has 1 aliphatic rings. The van der Waals surface area contributed by atoms with Gasteiger partial charge in [-0.05, 0) is 56.7 Å². The van der Waals surface area contributed by atoms with Gasteiger partial charge in [0.15, 0.2) is 0 Å². The van der Waals surface area contributed by atoms with Crippen LogP contribution in [0.2, 0.25) is 0 Å². The summed E-state index contributed by atoms with van der Waals surface area (Å²) in [4.78, 5) is 2.42. The van der Waals surface area contributed by atoms with Crippen molar-refractivity contribution in [1.29, 1.82) is 0 Å². The zero-order valence-electron chi connectivity index (χ0n) is 13.4. The van der Waals surface area contributed by atoms with Crippen LogP contribution in [0.25, 0.3) is 0 Å². The van der Waals surface area contributed by atoms with Crippen LogP contribution in [-0.2, 0) is 6.42 Å². The lowest BCUT2D eigenvalue weighted by molar-refractivity contribution is 0.0779. The van der Waals surface area contributed by atoms with Crippen LogP contribution in [-0.4, -0.2) is 28.6 Å². The zero-order chi connectivity index (χ0) is 14.8. The number of β-amino-alcohol motifs (C(OH)–C–C–N with tert-alkyl or cyclic N) is 1. The van der Waals surface area contributed by atoms with E-state index in [-0.39, 0.29) is 11.6 Å². The molecule has 1 saturated heterocycles. The van der Waals surface area contributed by atoms with E-state index in [1.165, 1.54) is 18.4 Å². The Kier molecular flexibility index (Phi) is 4.87. The molecule has 1 N–H and O–H groups in total. The predicted molar refractivity (Wildman–Crippen MR) is 84.8 cm³/mol. The number of benzene rings is 1. The lowest BCUT2D eigenvalue weighted by Gasteiger charge is -2.33. The number of hydrogen-bond donors (Lipinski definition) is 1. The molecule has 1 aromatic carbocycles. The van der Waals surface area contributed by atoms with Crippen molar-refractivity contribution in [3.05, 3.63) is 35.4 Å². The van der Waals surface area contributed by atoms with Crippen molar-refractivity contribution >= 4 is 0 Å². The predicted octanol–water partition coefficient (Wildman–Crippen LogP) is 3.79. The highest BCUT2D eigenvalue weighted by atomic mass is 16.3. The summed E-state index contributed by atoms with van der Waals surface area (Å²) < 4.78 is 0. The number of hydrogen-bond acceptors (Lipinski definition) is 2. The maximum absolute atomic E-state index is 10.4. The Hall–Kier alpha value is -0.860. The molecule has 1 fully saturated rings. The molecule has 1 unspecified atom stereocenters. The van der Waals surface area contributed by atoms with Gasteiger partial charge in [-0.3, -0.25) is 4.90 Å². The van der Waals surface area contributed by atoms with E-state index >= 15 is 0 Å². The summed E-state index contributed by atoms with van der Waals surface area (Å²) >= 11 is 0. The smallest absolute Gasteiger partial charge is 0.0917 e. The molecule has 2 heteroatoms. The van der Waals surface area contributed by atoms with Crippen LogP contribution in [0.5, 0.6) is 0 Å². The van der Waals surface area contributed by atoms with E-state index in [4.69, 9.17) is 0 Å². The Morgan fingerprint density at radius 2 is 1.85 bits per heavy atom. The topological polar surface area (TPSA) is 23.5 Å². The molecule has 1 heterocycles. The van der Waals surface area contributed by atoms with Gasteiger partial charge in [-0.25, -0.2) is 0 Å². The quantitative estimate of drug-likeness (QED) is 0.883. The summed E-state index contributed by atoms with van der Waals surface area (Å²) in [5.41, 5.74) is 2.64. The number of rotatable bonds is 5. The second-order valence-corrected chi connectivity index (χ2v) is 7.22. The first kappa shape index (κ1) is 15.5. The first-order valence-corrected chi connectivity index (χ1v) is 7.90. The van der Waals surface area contributed by atoms with Gasteiger partial charge in [0.2, 0.25) is 0 Å². The maximum atomic E-state index is 10.4. The average Bonchev–Trinajstić information content (AvgIpc) is 2.69. The summed E-state index contributed by atoms with van der Waals surface area (Å²) in [6, 6.07) is 8.50. The van der Waals surface area contributed by atoms with E-state index < -0.39 is 0 Å². The molecule has 20 heavy (non-hydrogen) atoms. The average molecular weight is 275 g/mol. The van der Waals surface area contributed by atoms with Gasteiger partial charge >= 0.3 is 0 Å². The molecule has 0 spiro atoms. The van der Waals surface area contributed by atoms with Gasteiger partial charge in [0, 0.05) is 12.1 Å². The molecule has 1 aliphatic heterocycles. The molecule has 0 aliphatic carbocycles. The van der Waals surface area contributed by atoms with Gasteiger partial charge in [-0.15, -0.1) is 0 Å². The van der Waals surface area contributed by atoms with Crippen molar-refractivity contribution in [3.63, 3.8) is 0 Å². The van der Waals surface area contributed by atoms with Crippen LogP contribution in [0, 0.1) is 5.92 Å². The highest BCUT2D eigenvalue weighted by Crippen LogP contribution is 2.30. The molecular formula is C18H29NO. The molecule has 1 aromatic rings. The third-order valence-corrected chi connectivity index (χ3v) is 4.47. The van der Waals surface area contributed by atoms with Crippen molar-refractivity contribution in [1.82, 2.24) is 4.90 Å². The summed E-state index contributed by atoms with van der Waals surface area (Å²) in [5, 5.41) is 10.4. The van der Waals surface area contributed by atoms with Crippen LogP contribution in [0.3, 0.4) is 0 Å². The first-order chi connectivity index (χ1) is 9.38. The van der Waals surface area contributed by atoms with E-state index in [0.29, 0.717) is 5.92 Å². The Balaban J connectivity index is 1.97. The first-order valence-electron chi connectivity index (χ1n) is 7.90. The van der Waals surface area contributed by atoms with E-state index in [2.05, 4.69) is 56.9 Å². The van der Waals surface area contributed by atoms with E-state index in [1.54, 1.807) is 0 Å². The normalized spacial score (nSPS) is 20.5. The third kappa shape index (κ3) is 3.83. The van der Waals surface area contributed by atoms with Crippen LogP contribution in [0.4, 0.5) is 0 Å². The number of aliphatic hydroxyl groups is 1. The van der Waals surface area contributed by atoms with Gasteiger partial charge in [0.05, 0.1) is 6.10 Å². The summed E-state index contributed by atoms with van der Waals surface area (Å²) in [6.07, 6.45) is 3.20. The fourth-order valence-corrected chi connectivity index (χ4v) is 3.16. The molecule has 2 nitrogen and oxygen atoms in total. The second-order valence-electron chi connectivity index (χ2n) is 7.22. The highest BCUT2D eigenvalue weighted by molar-refractivity contribution is 5.24. The number of aliphatic hydroxyl groups excluding tert-OH is 1. The molecule has 0 bridgehead atoms. The fourth-order valence-electron chi connectivity index (χ4n) is 3.16. The minimum atomic E-state index is -0.375. The van der Waals surface area contributed by atoms with Crippen molar-refractivity contribution in [2.24, 2.45) is 5.92 Å². The minimum absolute atomic E-state index is 0.235. The lowest BCUT2D eigenvalue weighted by Crippen LogP contribution is -2.40.